The summed E-state index contributed by atoms with van der Waals surface area (Å²) in [5.41, 5.74) is 4.48. The van der Waals surface area contributed by atoms with Crippen LogP contribution in [0.1, 0.15) is 18.5 Å². The van der Waals surface area contributed by atoms with Crippen molar-refractivity contribution in [1.29, 1.82) is 0 Å². The molecule has 0 aliphatic heterocycles. The number of ether oxygens (including phenoxy) is 1. The van der Waals surface area contributed by atoms with Gasteiger partial charge in [-0.05, 0) is 13.0 Å². The molecule has 0 saturated heterocycles. The van der Waals surface area contributed by atoms with E-state index in [1.165, 1.54) is 6.92 Å². The number of esters is 1. The predicted octanol–water partition coefficient (Wildman–Crippen LogP) is 2.16. The van der Waals surface area contributed by atoms with E-state index in [1.807, 2.05) is 0 Å². The Balaban J connectivity index is 3.05. The average molecular weight is 265 g/mol. The normalized spacial score (nSPS) is 13.2. The summed E-state index contributed by atoms with van der Waals surface area (Å²) in [6, 6.07) is -0.282. The number of carbonyl (C=O) groups excluding carboxylic acids is 1. The zero-order valence-electron chi connectivity index (χ0n) is 9.42. The highest BCUT2D eigenvalue weighted by molar-refractivity contribution is 5.78. The minimum absolute atomic E-state index is 0.257. The van der Waals surface area contributed by atoms with E-state index < -0.39 is 35.1 Å². The van der Waals surface area contributed by atoms with Gasteiger partial charge in [-0.3, -0.25) is 0 Å². The van der Waals surface area contributed by atoms with E-state index >= 15 is 0 Å². The quantitative estimate of drug-likeness (QED) is 0.670. The van der Waals surface area contributed by atoms with Gasteiger partial charge in [0.25, 0.3) is 0 Å². The molecule has 0 radical (unpaired) electrons. The van der Waals surface area contributed by atoms with Gasteiger partial charge >= 0.3 is 11.9 Å². The molecule has 3 nitrogen and oxygen atoms in total. The van der Waals surface area contributed by atoms with Gasteiger partial charge in [0.1, 0.15) is 17.7 Å². The summed E-state index contributed by atoms with van der Waals surface area (Å²) in [6.07, 6.45) is 0. The molecule has 0 aliphatic carbocycles. The van der Waals surface area contributed by atoms with Crippen LogP contribution in [0.2, 0.25) is 0 Å². The molecule has 0 unspecified atom stereocenters. The topological polar surface area (TPSA) is 52.3 Å². The molecule has 2 N–H and O–H groups in total. The van der Waals surface area contributed by atoms with Crippen LogP contribution in [0.25, 0.3) is 0 Å². The highest BCUT2D eigenvalue weighted by atomic mass is 19.3. The Bertz CT molecular complexity index is 451. The van der Waals surface area contributed by atoms with Crippen LogP contribution in [-0.2, 0) is 9.53 Å². The number of carbonyl (C=O) groups is 1. The zero-order valence-corrected chi connectivity index (χ0v) is 9.42. The van der Waals surface area contributed by atoms with Crippen LogP contribution >= 0.6 is 0 Å². The van der Waals surface area contributed by atoms with Crippen molar-refractivity contribution in [2.24, 2.45) is 5.73 Å². The second-order valence-corrected chi connectivity index (χ2v) is 3.49. The fraction of sp³-hybridized carbons (Fsp3) is 0.364. The van der Waals surface area contributed by atoms with Crippen molar-refractivity contribution >= 4 is 5.97 Å². The number of hydrogen-bond donors (Lipinski definition) is 1. The third-order valence-electron chi connectivity index (χ3n) is 2.24. The fourth-order valence-corrected chi connectivity index (χ4v) is 1.30. The van der Waals surface area contributed by atoms with E-state index in [4.69, 9.17) is 5.73 Å². The third kappa shape index (κ3) is 2.79. The minimum Gasteiger partial charge on any atom is -0.462 e. The molecular weight excluding hydrogens is 254 g/mol. The summed E-state index contributed by atoms with van der Waals surface area (Å²) in [5.74, 6) is -8.11. The van der Waals surface area contributed by atoms with Crippen molar-refractivity contribution in [3.63, 3.8) is 0 Å². The van der Waals surface area contributed by atoms with Crippen LogP contribution in [0.5, 0.6) is 0 Å². The average Bonchev–Trinajstić information content (AvgIpc) is 2.28. The lowest BCUT2D eigenvalue weighted by molar-refractivity contribution is -0.174. The molecule has 0 spiro atoms. The van der Waals surface area contributed by atoms with Crippen molar-refractivity contribution in [3.05, 3.63) is 35.4 Å². The summed E-state index contributed by atoms with van der Waals surface area (Å²) in [4.78, 5) is 11.0. The number of alkyl halides is 2. The highest BCUT2D eigenvalue weighted by Gasteiger charge is 2.48. The molecule has 0 heterocycles. The number of rotatable bonds is 4. The van der Waals surface area contributed by atoms with Gasteiger partial charge in [0.15, 0.2) is 0 Å². The number of nitrogens with two attached hydrogens (primary N) is 1. The Hall–Kier alpha value is -1.63. The van der Waals surface area contributed by atoms with Crippen LogP contribution in [-0.4, -0.2) is 18.5 Å². The lowest BCUT2D eigenvalue weighted by Crippen LogP contribution is -2.42. The number of hydrogen-bond acceptors (Lipinski definition) is 3. The third-order valence-corrected chi connectivity index (χ3v) is 2.24. The van der Waals surface area contributed by atoms with E-state index in [0.717, 1.165) is 12.1 Å². The first-order valence-corrected chi connectivity index (χ1v) is 5.06. The van der Waals surface area contributed by atoms with E-state index in [-0.39, 0.29) is 6.61 Å². The molecule has 18 heavy (non-hydrogen) atoms. The SMILES string of the molecule is CCOC(=O)C(F)(F)[C@@H](N)c1ccc(F)cc1F. The molecule has 0 fully saturated rings. The summed E-state index contributed by atoms with van der Waals surface area (Å²) >= 11 is 0. The van der Waals surface area contributed by atoms with Gasteiger partial charge in [0, 0.05) is 11.6 Å². The van der Waals surface area contributed by atoms with Crippen LogP contribution in [0.4, 0.5) is 17.6 Å². The molecule has 0 bridgehead atoms. The lowest BCUT2D eigenvalue weighted by Gasteiger charge is -2.22. The fourth-order valence-electron chi connectivity index (χ4n) is 1.30. The molecule has 1 aromatic rings. The molecule has 1 rings (SSSR count). The Morgan fingerprint density at radius 1 is 1.44 bits per heavy atom. The van der Waals surface area contributed by atoms with Crippen LogP contribution in [0.15, 0.2) is 18.2 Å². The van der Waals surface area contributed by atoms with Gasteiger partial charge in [0.2, 0.25) is 0 Å². The van der Waals surface area contributed by atoms with Crippen molar-refractivity contribution in [2.45, 2.75) is 18.9 Å². The first kappa shape index (κ1) is 14.4. The molecule has 0 aliphatic rings. The van der Waals surface area contributed by atoms with Gasteiger partial charge < -0.3 is 10.5 Å². The van der Waals surface area contributed by atoms with Crippen molar-refractivity contribution in [3.8, 4) is 0 Å². The lowest BCUT2D eigenvalue weighted by atomic mass is 10.0. The minimum atomic E-state index is -4.09. The molecule has 0 amide bonds. The smallest absolute Gasteiger partial charge is 0.379 e. The Labute approximate surface area is 101 Å². The van der Waals surface area contributed by atoms with Crippen LogP contribution in [0, 0.1) is 11.6 Å². The second kappa shape index (κ2) is 5.34. The predicted molar refractivity (Wildman–Crippen MR) is 54.9 cm³/mol. The van der Waals surface area contributed by atoms with Crippen molar-refractivity contribution in [1.82, 2.24) is 0 Å². The van der Waals surface area contributed by atoms with Gasteiger partial charge in [-0.15, -0.1) is 0 Å². The molecule has 1 aromatic carbocycles. The van der Waals surface area contributed by atoms with E-state index in [2.05, 4.69) is 4.74 Å². The maximum Gasteiger partial charge on any atom is 0.379 e. The Morgan fingerprint density at radius 3 is 2.56 bits per heavy atom. The summed E-state index contributed by atoms with van der Waals surface area (Å²) in [5, 5.41) is 0. The molecule has 1 atom stereocenters. The maximum absolute atomic E-state index is 13.5. The van der Waals surface area contributed by atoms with E-state index in [9.17, 15) is 22.4 Å². The van der Waals surface area contributed by atoms with Crippen molar-refractivity contribution in [2.75, 3.05) is 6.61 Å². The Kier molecular flexibility index (Phi) is 4.28. The second-order valence-electron chi connectivity index (χ2n) is 3.49. The van der Waals surface area contributed by atoms with Gasteiger partial charge in [-0.1, -0.05) is 6.07 Å². The highest BCUT2D eigenvalue weighted by Crippen LogP contribution is 2.32. The summed E-state index contributed by atoms with van der Waals surface area (Å²) in [6.45, 7) is 1.09. The molecular formula is C11H11F4NO2. The van der Waals surface area contributed by atoms with Gasteiger partial charge in [-0.2, -0.15) is 8.78 Å². The van der Waals surface area contributed by atoms with Gasteiger partial charge in [-0.25, -0.2) is 13.6 Å². The van der Waals surface area contributed by atoms with Crippen LogP contribution in [0.3, 0.4) is 0 Å². The standard InChI is InChI=1S/C11H11F4NO2/c1-2-18-10(17)11(14,15)9(16)7-4-3-6(12)5-8(7)13/h3-5,9H,2,16H2,1H3/t9-/m0/s1. The molecule has 0 aromatic heterocycles. The van der Waals surface area contributed by atoms with Gasteiger partial charge in [0.05, 0.1) is 6.61 Å². The monoisotopic (exact) mass is 265 g/mol. The largest absolute Gasteiger partial charge is 0.462 e. The number of benzene rings is 1. The summed E-state index contributed by atoms with van der Waals surface area (Å²) in [7, 11) is 0. The molecule has 7 heteroatoms. The first-order chi connectivity index (χ1) is 8.30. The zero-order chi connectivity index (χ0) is 13.9. The molecule has 0 saturated carbocycles. The Morgan fingerprint density at radius 2 is 2.06 bits per heavy atom. The first-order valence-electron chi connectivity index (χ1n) is 5.06. The van der Waals surface area contributed by atoms with E-state index in [1.54, 1.807) is 0 Å². The van der Waals surface area contributed by atoms with Crippen molar-refractivity contribution < 1.29 is 27.1 Å². The molecule has 100 valence electrons. The maximum atomic E-state index is 13.5. The van der Waals surface area contributed by atoms with Crippen LogP contribution < -0.4 is 5.73 Å². The van der Waals surface area contributed by atoms with E-state index in [0.29, 0.717) is 6.07 Å². The summed E-state index contributed by atoms with van der Waals surface area (Å²) < 4.78 is 57.1. The number of halogens is 4.